The van der Waals surface area contributed by atoms with E-state index in [1.54, 1.807) is 0 Å². The third kappa shape index (κ3) is 3.85. The first kappa shape index (κ1) is 17.9. The van der Waals surface area contributed by atoms with Gasteiger partial charge in [0, 0.05) is 19.5 Å². The fraction of sp³-hybridized carbons (Fsp3) is 0.471. The molecule has 0 unspecified atom stereocenters. The third-order valence-electron chi connectivity index (χ3n) is 4.04. The van der Waals surface area contributed by atoms with Crippen LogP contribution in [0.1, 0.15) is 25.7 Å². The second kappa shape index (κ2) is 7.53. The van der Waals surface area contributed by atoms with Crippen LogP contribution in [0.25, 0.3) is 0 Å². The second-order valence-corrected chi connectivity index (χ2v) is 7.74. The maximum Gasteiger partial charge on any atom is 0.236 e. The zero-order valence-electron chi connectivity index (χ0n) is 14.1. The average molecular weight is 368 g/mol. The van der Waals surface area contributed by atoms with E-state index in [1.165, 1.54) is 12.1 Å². The van der Waals surface area contributed by atoms with Gasteiger partial charge < -0.3 is 14.1 Å². The zero-order valence-corrected chi connectivity index (χ0v) is 14.9. The number of halogens is 1. The minimum Gasteiger partial charge on any atom is -0.424 e. The van der Waals surface area contributed by atoms with Crippen LogP contribution in [0.15, 0.2) is 38.6 Å². The van der Waals surface area contributed by atoms with Crippen LogP contribution in [0.5, 0.6) is 0 Å². The van der Waals surface area contributed by atoms with Crippen molar-refractivity contribution >= 4 is 15.7 Å². The number of nitrogens with zero attached hydrogens (tertiary/aromatic N) is 2. The van der Waals surface area contributed by atoms with Crippen LogP contribution in [0.4, 0.5) is 10.3 Å². The van der Waals surface area contributed by atoms with Crippen molar-refractivity contribution in [2.45, 2.75) is 36.1 Å². The Morgan fingerprint density at radius 1 is 1.20 bits per heavy atom. The fourth-order valence-electron chi connectivity index (χ4n) is 2.64. The van der Waals surface area contributed by atoms with Gasteiger partial charge in [0.05, 0.1) is 18.1 Å². The summed E-state index contributed by atoms with van der Waals surface area (Å²) < 4.78 is 50.2. The molecule has 2 heterocycles. The largest absolute Gasteiger partial charge is 0.424 e. The summed E-state index contributed by atoms with van der Waals surface area (Å²) >= 11 is 0. The number of unbranched alkanes of at least 4 members (excludes halogenated alkanes) is 1. The van der Waals surface area contributed by atoms with Gasteiger partial charge in [-0.3, -0.25) is 0 Å². The average Bonchev–Trinajstić information content (AvgIpc) is 3.06. The number of hydrogen-bond acceptors (Lipinski definition) is 6. The van der Waals surface area contributed by atoms with Crippen LogP contribution in [-0.2, 0) is 21.0 Å². The SMILES string of the molecule is CCCCc1nc(S(=O)(=O)c2ccc(F)cc2)c(N2CCOCC2)o1. The Hall–Kier alpha value is -1.93. The van der Waals surface area contributed by atoms with Crippen molar-refractivity contribution in [2.24, 2.45) is 0 Å². The van der Waals surface area contributed by atoms with Crippen molar-refractivity contribution in [3.05, 3.63) is 36.0 Å². The van der Waals surface area contributed by atoms with Gasteiger partial charge in [-0.05, 0) is 30.7 Å². The molecule has 0 radical (unpaired) electrons. The summed E-state index contributed by atoms with van der Waals surface area (Å²) in [5.41, 5.74) is 0. The lowest BCUT2D eigenvalue weighted by molar-refractivity contribution is 0.120. The monoisotopic (exact) mass is 368 g/mol. The molecule has 1 aliphatic rings. The molecule has 1 fully saturated rings. The molecule has 136 valence electrons. The van der Waals surface area contributed by atoms with Gasteiger partial charge in [-0.2, -0.15) is 4.98 Å². The fourth-order valence-corrected chi connectivity index (χ4v) is 3.98. The lowest BCUT2D eigenvalue weighted by Gasteiger charge is -2.26. The Balaban J connectivity index is 2.02. The van der Waals surface area contributed by atoms with E-state index in [4.69, 9.17) is 9.15 Å². The third-order valence-corrected chi connectivity index (χ3v) is 5.71. The van der Waals surface area contributed by atoms with Crippen LogP contribution in [0.3, 0.4) is 0 Å². The first-order valence-electron chi connectivity index (χ1n) is 8.35. The zero-order chi connectivity index (χ0) is 17.9. The Morgan fingerprint density at radius 2 is 1.88 bits per heavy atom. The smallest absolute Gasteiger partial charge is 0.236 e. The number of rotatable bonds is 6. The molecule has 0 saturated carbocycles. The number of hydrogen-bond donors (Lipinski definition) is 0. The molecule has 1 aliphatic heterocycles. The van der Waals surface area contributed by atoms with E-state index >= 15 is 0 Å². The van der Waals surface area contributed by atoms with Crippen molar-refractivity contribution < 1.29 is 22.0 Å². The highest BCUT2D eigenvalue weighted by Crippen LogP contribution is 2.32. The van der Waals surface area contributed by atoms with Crippen molar-refractivity contribution in [1.29, 1.82) is 0 Å². The molecular weight excluding hydrogens is 347 g/mol. The molecule has 2 aromatic rings. The minimum atomic E-state index is -3.89. The van der Waals surface area contributed by atoms with Crippen LogP contribution in [-0.4, -0.2) is 39.7 Å². The topological polar surface area (TPSA) is 72.6 Å². The number of aryl methyl sites for hydroxylation is 1. The number of benzene rings is 1. The molecule has 0 N–H and O–H groups in total. The lowest BCUT2D eigenvalue weighted by Crippen LogP contribution is -2.36. The summed E-state index contributed by atoms with van der Waals surface area (Å²) in [6.45, 7) is 4.12. The van der Waals surface area contributed by atoms with Crippen LogP contribution >= 0.6 is 0 Å². The molecule has 1 aromatic heterocycles. The first-order chi connectivity index (χ1) is 12.0. The van der Waals surface area contributed by atoms with E-state index < -0.39 is 15.7 Å². The van der Waals surface area contributed by atoms with Crippen molar-refractivity contribution in [1.82, 2.24) is 4.98 Å². The lowest BCUT2D eigenvalue weighted by atomic mass is 10.2. The van der Waals surface area contributed by atoms with E-state index in [-0.39, 0.29) is 15.8 Å². The summed E-state index contributed by atoms with van der Waals surface area (Å²) in [5.74, 6) is 0.166. The van der Waals surface area contributed by atoms with Gasteiger partial charge in [0.25, 0.3) is 0 Å². The highest BCUT2D eigenvalue weighted by Gasteiger charge is 2.31. The molecular formula is C17H21FN2O4S. The molecule has 0 amide bonds. The van der Waals surface area contributed by atoms with Gasteiger partial charge in [-0.25, -0.2) is 12.8 Å². The number of morpholine rings is 1. The summed E-state index contributed by atoms with van der Waals surface area (Å²) in [4.78, 5) is 6.10. The van der Waals surface area contributed by atoms with Gasteiger partial charge in [-0.1, -0.05) is 13.3 Å². The molecule has 6 nitrogen and oxygen atoms in total. The summed E-state index contributed by atoms with van der Waals surface area (Å²) in [5, 5.41) is -0.105. The first-order valence-corrected chi connectivity index (χ1v) is 9.83. The Morgan fingerprint density at radius 3 is 2.52 bits per heavy atom. The molecule has 0 spiro atoms. The highest BCUT2D eigenvalue weighted by atomic mass is 32.2. The van der Waals surface area contributed by atoms with E-state index in [0.717, 1.165) is 25.0 Å². The van der Waals surface area contributed by atoms with Crippen molar-refractivity contribution in [2.75, 3.05) is 31.2 Å². The highest BCUT2D eigenvalue weighted by molar-refractivity contribution is 7.91. The molecule has 0 bridgehead atoms. The normalized spacial score (nSPS) is 15.5. The Kier molecular flexibility index (Phi) is 5.39. The molecule has 1 saturated heterocycles. The molecule has 8 heteroatoms. The van der Waals surface area contributed by atoms with E-state index in [9.17, 15) is 12.8 Å². The maximum atomic E-state index is 13.1. The summed E-state index contributed by atoms with van der Waals surface area (Å²) in [6.07, 6.45) is 2.39. The second-order valence-electron chi connectivity index (χ2n) is 5.88. The van der Waals surface area contributed by atoms with Crippen LogP contribution in [0.2, 0.25) is 0 Å². The number of sulfone groups is 1. The standard InChI is InChI=1S/C17H21FN2O4S/c1-2-3-4-15-19-16(17(24-15)20-9-11-23-12-10-20)25(21,22)14-7-5-13(18)6-8-14/h5-8H,2-4,9-12H2,1H3. The van der Waals surface area contributed by atoms with Gasteiger partial charge in [0.2, 0.25) is 20.7 Å². The van der Waals surface area contributed by atoms with E-state index in [1.807, 2.05) is 11.8 Å². The summed E-state index contributed by atoms with van der Waals surface area (Å²) in [6, 6.07) is 4.74. The quantitative estimate of drug-likeness (QED) is 0.730. The molecule has 3 rings (SSSR count). The van der Waals surface area contributed by atoms with Gasteiger partial charge in [0.1, 0.15) is 5.82 Å². The molecule has 1 aromatic carbocycles. The Bertz CT molecular complexity index is 812. The van der Waals surface area contributed by atoms with Crippen LogP contribution < -0.4 is 4.90 Å². The number of oxazole rings is 1. The van der Waals surface area contributed by atoms with Gasteiger partial charge in [0.15, 0.2) is 5.89 Å². The molecule has 0 atom stereocenters. The molecule has 25 heavy (non-hydrogen) atoms. The number of ether oxygens (including phenoxy) is 1. The molecule has 0 aliphatic carbocycles. The predicted octanol–water partition coefficient (Wildman–Crippen LogP) is 2.83. The van der Waals surface area contributed by atoms with Crippen LogP contribution in [0, 0.1) is 5.82 Å². The summed E-state index contributed by atoms with van der Waals surface area (Å²) in [7, 11) is -3.89. The number of anilines is 1. The minimum absolute atomic E-state index is 0.00116. The van der Waals surface area contributed by atoms with E-state index in [0.29, 0.717) is 38.6 Å². The number of aromatic nitrogens is 1. The van der Waals surface area contributed by atoms with Gasteiger partial charge >= 0.3 is 0 Å². The van der Waals surface area contributed by atoms with Crippen molar-refractivity contribution in [3.63, 3.8) is 0 Å². The van der Waals surface area contributed by atoms with Gasteiger partial charge in [-0.15, -0.1) is 0 Å². The van der Waals surface area contributed by atoms with Crippen molar-refractivity contribution in [3.8, 4) is 0 Å². The Labute approximate surface area is 146 Å². The van der Waals surface area contributed by atoms with E-state index in [2.05, 4.69) is 4.98 Å². The predicted molar refractivity (Wildman–Crippen MR) is 90.0 cm³/mol. The maximum absolute atomic E-state index is 13.1.